The monoisotopic (exact) mass is 819 g/mol. The van der Waals surface area contributed by atoms with Crippen molar-refractivity contribution in [3.8, 4) is 11.8 Å². The van der Waals surface area contributed by atoms with Gasteiger partial charge in [0.15, 0.2) is 0 Å². The number of fused-ring (bicyclic) bond motifs is 3. The van der Waals surface area contributed by atoms with Gasteiger partial charge < -0.3 is 24.4 Å². The standard InChI is InChI=1S/C39H48F3N5O9S/c1-22-11-7-9-13-25-20-38(25,34(50)46-57(52,53)37(5)15-16-37)45-31(48)28-19-26(55-32-27-14-10-8-12-24(27)18-29(43-32)54-6)21-47(28)33(49)30(23(2)17-22)44-35(51)56-36(3,4)39(40,41)42/h8-10,12-14,18,22,25-26,28H,7,11,15-17,19-21H2,1-6H3,(H,44,51)(H,45,48)(H,46,50)/b13-9?,30-23+. The Kier molecular flexibility index (Phi) is 11.1. The molecular formula is C39H48F3N5O9S. The Morgan fingerprint density at radius 2 is 1.82 bits per heavy atom. The summed E-state index contributed by atoms with van der Waals surface area (Å²) in [5.74, 6) is -2.89. The number of benzene rings is 1. The number of methoxy groups -OCH3 is 1. The van der Waals surface area contributed by atoms with Crippen LogP contribution in [0.3, 0.4) is 0 Å². The number of hydrogen-bond acceptors (Lipinski definition) is 10. The number of ether oxygens (including phenoxy) is 3. The molecule has 14 nitrogen and oxygen atoms in total. The summed E-state index contributed by atoms with van der Waals surface area (Å²) in [7, 11) is -2.65. The molecule has 310 valence electrons. The predicted molar refractivity (Wildman–Crippen MR) is 201 cm³/mol. The van der Waals surface area contributed by atoms with E-state index in [1.165, 1.54) is 14.0 Å². The van der Waals surface area contributed by atoms with E-state index in [9.17, 15) is 40.8 Å². The maximum Gasteiger partial charge on any atom is 0.427 e. The minimum absolute atomic E-state index is 0.0931. The molecule has 2 aliphatic heterocycles. The average molecular weight is 820 g/mol. The highest BCUT2D eigenvalue weighted by molar-refractivity contribution is 7.91. The highest BCUT2D eigenvalue weighted by Crippen LogP contribution is 2.48. The number of amides is 4. The predicted octanol–water partition coefficient (Wildman–Crippen LogP) is 5.18. The zero-order chi connectivity index (χ0) is 41.7. The first kappa shape index (κ1) is 41.8. The number of sulfonamides is 1. The number of pyridine rings is 1. The van der Waals surface area contributed by atoms with E-state index in [1.54, 1.807) is 31.2 Å². The van der Waals surface area contributed by atoms with E-state index in [0.29, 0.717) is 50.5 Å². The fourth-order valence-electron chi connectivity index (χ4n) is 7.19. The lowest BCUT2D eigenvalue weighted by molar-refractivity contribution is -0.243. The molecule has 1 aromatic heterocycles. The third-order valence-corrected chi connectivity index (χ3v) is 13.5. The number of alkyl halides is 3. The molecule has 18 heteroatoms. The number of carbonyl (C=O) groups excluding carboxylic acids is 4. The minimum Gasteiger partial charge on any atom is -0.481 e. The van der Waals surface area contributed by atoms with Crippen molar-refractivity contribution in [2.24, 2.45) is 11.8 Å². The summed E-state index contributed by atoms with van der Waals surface area (Å²) in [6.45, 7) is 6.09. The van der Waals surface area contributed by atoms with Gasteiger partial charge in [-0.2, -0.15) is 18.2 Å². The second kappa shape index (κ2) is 15.1. The van der Waals surface area contributed by atoms with Crippen LogP contribution in [0.25, 0.3) is 10.8 Å². The third-order valence-electron chi connectivity index (χ3n) is 11.3. The van der Waals surface area contributed by atoms with Gasteiger partial charge in [-0.05, 0) is 89.2 Å². The summed E-state index contributed by atoms with van der Waals surface area (Å²) < 4.78 is 85.1. The van der Waals surface area contributed by atoms with Gasteiger partial charge >= 0.3 is 12.3 Å². The van der Waals surface area contributed by atoms with Gasteiger partial charge in [0, 0.05) is 23.8 Å². The van der Waals surface area contributed by atoms with Crippen LogP contribution in [0.5, 0.6) is 11.8 Å². The zero-order valence-electron chi connectivity index (χ0n) is 32.6. The molecule has 3 heterocycles. The Bertz CT molecular complexity index is 2140. The lowest BCUT2D eigenvalue weighted by Gasteiger charge is -2.30. The second-order valence-corrected chi connectivity index (χ2v) is 18.5. The molecule has 0 spiro atoms. The summed E-state index contributed by atoms with van der Waals surface area (Å²) in [6, 6.07) is 7.53. The Morgan fingerprint density at radius 3 is 2.49 bits per heavy atom. The molecule has 5 unspecified atom stereocenters. The lowest BCUT2D eigenvalue weighted by Crippen LogP contribution is -2.57. The molecule has 3 fully saturated rings. The molecule has 0 bridgehead atoms. The molecule has 2 aliphatic carbocycles. The number of nitrogens with one attached hydrogen (secondary N) is 3. The van der Waals surface area contributed by atoms with E-state index in [4.69, 9.17) is 14.2 Å². The molecule has 3 N–H and O–H groups in total. The van der Waals surface area contributed by atoms with Gasteiger partial charge in [0.25, 0.3) is 11.8 Å². The van der Waals surface area contributed by atoms with Gasteiger partial charge in [0.2, 0.25) is 33.3 Å². The van der Waals surface area contributed by atoms with Crippen molar-refractivity contribution >= 4 is 44.6 Å². The van der Waals surface area contributed by atoms with Crippen LogP contribution in [0.15, 0.2) is 53.8 Å². The molecule has 2 saturated carbocycles. The van der Waals surface area contributed by atoms with E-state index in [-0.39, 0.29) is 49.2 Å². The van der Waals surface area contributed by atoms with Crippen molar-refractivity contribution in [3.63, 3.8) is 0 Å². The van der Waals surface area contributed by atoms with E-state index < -0.39 is 74.0 Å². The molecule has 2 aromatic rings. The lowest BCUT2D eigenvalue weighted by atomic mass is 9.95. The number of allylic oxidation sites excluding steroid dienone is 2. The number of hydrogen-bond donors (Lipinski definition) is 3. The van der Waals surface area contributed by atoms with Crippen LogP contribution in [0, 0.1) is 11.8 Å². The van der Waals surface area contributed by atoms with Crippen molar-refractivity contribution in [1.29, 1.82) is 0 Å². The molecule has 57 heavy (non-hydrogen) atoms. The summed E-state index contributed by atoms with van der Waals surface area (Å²) in [6.07, 6.45) is -1.71. The molecule has 1 aromatic carbocycles. The quantitative estimate of drug-likeness (QED) is 0.300. The molecule has 1 saturated heterocycles. The first-order chi connectivity index (χ1) is 26.6. The largest absolute Gasteiger partial charge is 0.481 e. The molecule has 4 amide bonds. The number of nitrogens with zero attached hydrogens (tertiary/aromatic N) is 2. The highest BCUT2D eigenvalue weighted by atomic mass is 32.2. The minimum atomic E-state index is -4.93. The van der Waals surface area contributed by atoms with E-state index in [2.05, 4.69) is 20.3 Å². The fourth-order valence-corrected chi connectivity index (χ4v) is 8.50. The van der Waals surface area contributed by atoms with Gasteiger partial charge in [-0.1, -0.05) is 37.3 Å². The van der Waals surface area contributed by atoms with Crippen molar-refractivity contribution in [1.82, 2.24) is 25.2 Å². The Balaban J connectivity index is 1.38. The number of aromatic nitrogens is 1. The molecular weight excluding hydrogens is 772 g/mol. The topological polar surface area (TPSA) is 182 Å². The van der Waals surface area contributed by atoms with E-state index in [0.717, 1.165) is 10.3 Å². The summed E-state index contributed by atoms with van der Waals surface area (Å²) >= 11 is 0. The average Bonchev–Trinajstić information content (AvgIpc) is 4.01. The Hall–Kier alpha value is -4.87. The van der Waals surface area contributed by atoms with Crippen molar-refractivity contribution in [2.45, 2.75) is 114 Å². The number of carbonyl (C=O) groups is 4. The third kappa shape index (κ3) is 8.55. The van der Waals surface area contributed by atoms with Gasteiger partial charge in [-0.3, -0.25) is 24.4 Å². The van der Waals surface area contributed by atoms with Gasteiger partial charge in [-0.25, -0.2) is 13.2 Å². The smallest absolute Gasteiger partial charge is 0.427 e. The van der Waals surface area contributed by atoms with Crippen molar-refractivity contribution in [3.05, 3.63) is 53.8 Å². The van der Waals surface area contributed by atoms with Crippen LogP contribution in [0.1, 0.15) is 79.6 Å². The van der Waals surface area contributed by atoms with Crippen LogP contribution in [0.4, 0.5) is 18.0 Å². The van der Waals surface area contributed by atoms with Crippen LogP contribution in [0.2, 0.25) is 0 Å². The van der Waals surface area contributed by atoms with Crippen molar-refractivity contribution < 1.29 is 55.0 Å². The van der Waals surface area contributed by atoms with E-state index >= 15 is 0 Å². The van der Waals surface area contributed by atoms with Gasteiger partial charge in [-0.15, -0.1) is 0 Å². The fraction of sp³-hybridized carbons (Fsp3) is 0.564. The number of rotatable bonds is 8. The normalized spacial score (nSPS) is 27.9. The van der Waals surface area contributed by atoms with Crippen LogP contribution < -0.4 is 24.8 Å². The number of alkyl carbamates (subject to hydrolysis) is 1. The van der Waals surface area contributed by atoms with Gasteiger partial charge in [0.05, 0.1) is 18.4 Å². The van der Waals surface area contributed by atoms with Crippen LogP contribution in [-0.4, -0.2) is 90.0 Å². The first-order valence-corrected chi connectivity index (χ1v) is 20.3. The second-order valence-electron chi connectivity index (χ2n) is 16.3. The van der Waals surface area contributed by atoms with Crippen LogP contribution in [-0.2, 0) is 29.1 Å². The first-order valence-electron chi connectivity index (χ1n) is 18.8. The van der Waals surface area contributed by atoms with Gasteiger partial charge in [0.1, 0.15) is 23.4 Å². The Labute approximate surface area is 329 Å². The summed E-state index contributed by atoms with van der Waals surface area (Å²) in [5.41, 5.74) is -4.61. The maximum absolute atomic E-state index is 14.7. The summed E-state index contributed by atoms with van der Waals surface area (Å²) in [4.78, 5) is 61.7. The molecule has 6 rings (SSSR count). The summed E-state index contributed by atoms with van der Waals surface area (Å²) in [5, 5.41) is 6.37. The highest BCUT2D eigenvalue weighted by Gasteiger charge is 2.63. The van der Waals surface area contributed by atoms with E-state index in [1.807, 2.05) is 25.1 Å². The maximum atomic E-state index is 14.7. The van der Waals surface area contributed by atoms with Crippen LogP contribution >= 0.6 is 0 Å². The number of halogens is 3. The Morgan fingerprint density at radius 1 is 1.12 bits per heavy atom. The SMILES string of the molecule is COc1cc2ccccc2c(OC2CC3C(=O)NC4(C(=O)NS(=O)(=O)C5(C)CC5)CC4C=CCCC(C)C/C(C)=C(/NC(=O)OC(C)(C)C(F)(F)F)C(=O)N3C2)n1. The molecule has 5 atom stereocenters. The molecule has 4 aliphatic rings. The molecule has 0 radical (unpaired) electrons. The zero-order valence-corrected chi connectivity index (χ0v) is 33.4. The van der Waals surface area contributed by atoms with Crippen molar-refractivity contribution in [2.75, 3.05) is 13.7 Å².